The van der Waals surface area contributed by atoms with Crippen LogP contribution in [0, 0.1) is 17.1 Å². The molecule has 1 aromatic rings. The van der Waals surface area contributed by atoms with Gasteiger partial charge in [0.05, 0.1) is 6.10 Å². The van der Waals surface area contributed by atoms with E-state index in [2.05, 4.69) is 36.5 Å². The highest BCUT2D eigenvalue weighted by Gasteiger charge is 2.50. The molecule has 1 fully saturated rings. The van der Waals surface area contributed by atoms with Crippen LogP contribution in [-0.2, 0) is 4.74 Å². The quantitative estimate of drug-likeness (QED) is 0.822. The molecule has 1 heterocycles. The Kier molecular flexibility index (Phi) is 2.97. The first-order chi connectivity index (χ1) is 7.46. The van der Waals surface area contributed by atoms with Crippen LogP contribution in [0.3, 0.4) is 0 Å². The predicted molar refractivity (Wildman–Crippen MR) is 67.2 cm³/mol. The fraction of sp³-hybridized carbons (Fsp3) is 0.750. The van der Waals surface area contributed by atoms with E-state index in [-0.39, 0.29) is 5.41 Å². The van der Waals surface area contributed by atoms with Gasteiger partial charge < -0.3 is 14.3 Å². The number of H-pyrrole nitrogens is 1. The van der Waals surface area contributed by atoms with Crippen LogP contribution in [0.4, 0.5) is 0 Å². The van der Waals surface area contributed by atoms with Gasteiger partial charge in [-0.05, 0) is 32.5 Å². The summed E-state index contributed by atoms with van der Waals surface area (Å²) in [4.78, 5) is 3.18. The number of ether oxygens (including phenoxy) is 1. The van der Waals surface area contributed by atoms with Gasteiger partial charge in [-0.1, -0.05) is 13.8 Å². The number of aryl methyl sites for hydroxylation is 1. The molecule has 1 aliphatic carbocycles. The van der Waals surface area contributed by atoms with Crippen molar-refractivity contribution in [3.05, 3.63) is 16.7 Å². The SMILES string of the molecule is CCOC1CC(n2cc(C)[nH]c2=S)C1(C)C. The van der Waals surface area contributed by atoms with Crippen LogP contribution in [0.15, 0.2) is 6.20 Å². The Morgan fingerprint density at radius 3 is 2.75 bits per heavy atom. The van der Waals surface area contributed by atoms with Crippen LogP contribution in [0.1, 0.15) is 38.9 Å². The summed E-state index contributed by atoms with van der Waals surface area (Å²) in [6.45, 7) is 9.39. The molecule has 0 saturated heterocycles. The molecule has 2 atom stereocenters. The Labute approximate surface area is 102 Å². The molecule has 90 valence electrons. The Morgan fingerprint density at radius 2 is 2.31 bits per heavy atom. The summed E-state index contributed by atoms with van der Waals surface area (Å²) in [5.41, 5.74) is 1.30. The highest BCUT2D eigenvalue weighted by molar-refractivity contribution is 7.71. The van der Waals surface area contributed by atoms with E-state index in [0.29, 0.717) is 12.1 Å². The topological polar surface area (TPSA) is 29.9 Å². The van der Waals surface area contributed by atoms with Crippen LogP contribution in [0.5, 0.6) is 0 Å². The van der Waals surface area contributed by atoms with Gasteiger partial charge in [-0.3, -0.25) is 0 Å². The molecule has 0 aromatic carbocycles. The summed E-state index contributed by atoms with van der Waals surface area (Å²) in [5.74, 6) is 0. The predicted octanol–water partition coefficient (Wildman–Crippen LogP) is 3.23. The summed E-state index contributed by atoms with van der Waals surface area (Å²) in [7, 11) is 0. The number of aromatic amines is 1. The van der Waals surface area contributed by atoms with Crippen LogP contribution >= 0.6 is 12.2 Å². The van der Waals surface area contributed by atoms with Crippen molar-refractivity contribution in [1.82, 2.24) is 9.55 Å². The third-order valence-corrected chi connectivity index (χ3v) is 4.01. The molecule has 2 unspecified atom stereocenters. The summed E-state index contributed by atoms with van der Waals surface area (Å²) < 4.78 is 8.74. The van der Waals surface area contributed by atoms with Crippen molar-refractivity contribution in [3.63, 3.8) is 0 Å². The minimum absolute atomic E-state index is 0.170. The summed E-state index contributed by atoms with van der Waals surface area (Å²) in [5, 5.41) is 0. The highest BCUT2D eigenvalue weighted by Crippen LogP contribution is 2.51. The second-order valence-corrected chi connectivity index (χ2v) is 5.55. The van der Waals surface area contributed by atoms with Gasteiger partial charge in [0.15, 0.2) is 4.77 Å². The van der Waals surface area contributed by atoms with Crippen LogP contribution in [-0.4, -0.2) is 22.3 Å². The Balaban J connectivity index is 2.20. The Hall–Kier alpha value is -0.610. The molecule has 1 saturated carbocycles. The molecule has 0 spiro atoms. The molecule has 4 heteroatoms. The van der Waals surface area contributed by atoms with E-state index in [1.54, 1.807) is 0 Å². The number of aromatic nitrogens is 2. The summed E-state index contributed by atoms with van der Waals surface area (Å²) >= 11 is 5.32. The third-order valence-electron chi connectivity index (χ3n) is 3.70. The molecule has 0 bridgehead atoms. The smallest absolute Gasteiger partial charge is 0.177 e. The monoisotopic (exact) mass is 240 g/mol. The fourth-order valence-corrected chi connectivity index (χ4v) is 2.93. The Bertz CT molecular complexity index is 432. The fourth-order valence-electron chi connectivity index (χ4n) is 2.58. The molecular formula is C12H20N2OS. The number of imidazole rings is 1. The van der Waals surface area contributed by atoms with E-state index < -0.39 is 0 Å². The average molecular weight is 240 g/mol. The lowest BCUT2D eigenvalue weighted by molar-refractivity contribution is -0.128. The largest absolute Gasteiger partial charge is 0.378 e. The Morgan fingerprint density at radius 1 is 1.62 bits per heavy atom. The molecule has 0 radical (unpaired) electrons. The zero-order chi connectivity index (χ0) is 11.9. The van der Waals surface area contributed by atoms with Crippen molar-refractivity contribution >= 4 is 12.2 Å². The van der Waals surface area contributed by atoms with Gasteiger partial charge >= 0.3 is 0 Å². The van der Waals surface area contributed by atoms with Crippen molar-refractivity contribution in [2.75, 3.05) is 6.61 Å². The molecule has 1 aliphatic rings. The first kappa shape index (κ1) is 11.9. The molecule has 16 heavy (non-hydrogen) atoms. The first-order valence-corrected chi connectivity index (χ1v) is 6.27. The maximum atomic E-state index is 5.73. The van der Waals surface area contributed by atoms with E-state index in [4.69, 9.17) is 17.0 Å². The number of hydrogen-bond donors (Lipinski definition) is 1. The second-order valence-electron chi connectivity index (χ2n) is 5.17. The molecular weight excluding hydrogens is 220 g/mol. The lowest BCUT2D eigenvalue weighted by atomic mass is 9.64. The number of rotatable bonds is 3. The van der Waals surface area contributed by atoms with Gasteiger partial charge in [0.25, 0.3) is 0 Å². The van der Waals surface area contributed by atoms with Gasteiger partial charge in [0, 0.05) is 30.0 Å². The van der Waals surface area contributed by atoms with Gasteiger partial charge in [-0.25, -0.2) is 0 Å². The number of hydrogen-bond acceptors (Lipinski definition) is 2. The average Bonchev–Trinajstić information content (AvgIpc) is 2.51. The second kappa shape index (κ2) is 4.00. The van der Waals surface area contributed by atoms with Gasteiger partial charge in [-0.15, -0.1) is 0 Å². The van der Waals surface area contributed by atoms with E-state index in [0.717, 1.165) is 23.5 Å². The summed E-state index contributed by atoms with van der Waals surface area (Å²) in [6.07, 6.45) is 3.53. The lowest BCUT2D eigenvalue weighted by Gasteiger charge is -2.51. The van der Waals surface area contributed by atoms with Crippen LogP contribution in [0.25, 0.3) is 0 Å². The van der Waals surface area contributed by atoms with Crippen molar-refractivity contribution < 1.29 is 4.74 Å². The molecule has 0 aliphatic heterocycles. The third kappa shape index (κ3) is 1.74. The first-order valence-electron chi connectivity index (χ1n) is 5.86. The highest BCUT2D eigenvalue weighted by atomic mass is 32.1. The van der Waals surface area contributed by atoms with Crippen molar-refractivity contribution in [2.45, 2.75) is 46.3 Å². The van der Waals surface area contributed by atoms with Crippen molar-refractivity contribution in [3.8, 4) is 0 Å². The van der Waals surface area contributed by atoms with Crippen molar-refractivity contribution in [2.24, 2.45) is 5.41 Å². The number of nitrogens with one attached hydrogen (secondary N) is 1. The lowest BCUT2D eigenvalue weighted by Crippen LogP contribution is -2.51. The maximum Gasteiger partial charge on any atom is 0.177 e. The van der Waals surface area contributed by atoms with Crippen molar-refractivity contribution in [1.29, 1.82) is 0 Å². The van der Waals surface area contributed by atoms with Gasteiger partial charge in [-0.2, -0.15) is 0 Å². The minimum Gasteiger partial charge on any atom is -0.378 e. The van der Waals surface area contributed by atoms with Crippen LogP contribution in [0.2, 0.25) is 0 Å². The molecule has 1 N–H and O–H groups in total. The van der Waals surface area contributed by atoms with E-state index in [9.17, 15) is 0 Å². The van der Waals surface area contributed by atoms with Crippen LogP contribution < -0.4 is 0 Å². The number of nitrogens with zero attached hydrogens (tertiary/aromatic N) is 1. The molecule has 2 rings (SSSR count). The van der Waals surface area contributed by atoms with E-state index in [1.807, 2.05) is 6.92 Å². The normalized spacial score (nSPS) is 27.8. The summed E-state index contributed by atoms with van der Waals surface area (Å²) in [6, 6.07) is 0.460. The minimum atomic E-state index is 0.170. The zero-order valence-electron chi connectivity index (χ0n) is 10.4. The zero-order valence-corrected chi connectivity index (χ0v) is 11.2. The molecule has 1 aromatic heterocycles. The maximum absolute atomic E-state index is 5.73. The molecule has 3 nitrogen and oxygen atoms in total. The molecule has 0 amide bonds. The van der Waals surface area contributed by atoms with Gasteiger partial charge in [0.2, 0.25) is 0 Å². The standard InChI is InChI=1S/C12H20N2OS/c1-5-15-10-6-9(12(10,3)4)14-7-8(2)13-11(14)16/h7,9-10H,5-6H2,1-4H3,(H,13,16). The van der Waals surface area contributed by atoms with Gasteiger partial charge in [0.1, 0.15) is 0 Å². The van der Waals surface area contributed by atoms with E-state index >= 15 is 0 Å². The van der Waals surface area contributed by atoms with E-state index in [1.165, 1.54) is 0 Å².